The van der Waals surface area contributed by atoms with Crippen LogP contribution in [0.4, 0.5) is 23.2 Å². The zero-order chi connectivity index (χ0) is 14.8. The SMILES string of the molecule is Nc1cc(F)cc(-c2nnnn2CCCC(F)(F)F)c1. The summed E-state index contributed by atoms with van der Waals surface area (Å²) in [5.41, 5.74) is 6.01. The molecule has 1 aromatic carbocycles. The van der Waals surface area contributed by atoms with E-state index in [9.17, 15) is 17.6 Å². The number of nitrogen functional groups attached to an aromatic ring is 1. The second-order valence-electron chi connectivity index (χ2n) is 4.22. The zero-order valence-corrected chi connectivity index (χ0v) is 10.2. The lowest BCUT2D eigenvalue weighted by Crippen LogP contribution is -2.10. The fourth-order valence-corrected chi connectivity index (χ4v) is 1.73. The van der Waals surface area contributed by atoms with Crippen molar-refractivity contribution in [2.24, 2.45) is 0 Å². The van der Waals surface area contributed by atoms with E-state index in [1.165, 1.54) is 16.8 Å². The molecule has 0 fully saturated rings. The fraction of sp³-hybridized carbons (Fsp3) is 0.364. The number of halogens is 4. The van der Waals surface area contributed by atoms with Crippen LogP contribution in [0.5, 0.6) is 0 Å². The maximum atomic E-state index is 13.3. The van der Waals surface area contributed by atoms with Crippen molar-refractivity contribution in [2.45, 2.75) is 25.6 Å². The maximum Gasteiger partial charge on any atom is 0.389 e. The van der Waals surface area contributed by atoms with Gasteiger partial charge in [0, 0.05) is 24.2 Å². The van der Waals surface area contributed by atoms with Gasteiger partial charge in [-0.1, -0.05) is 0 Å². The Bertz CT molecular complexity index is 572. The molecular formula is C11H11F4N5. The van der Waals surface area contributed by atoms with Gasteiger partial charge < -0.3 is 5.73 Å². The van der Waals surface area contributed by atoms with Crippen LogP contribution >= 0.6 is 0 Å². The summed E-state index contributed by atoms with van der Waals surface area (Å²) >= 11 is 0. The van der Waals surface area contributed by atoms with Gasteiger partial charge in [-0.25, -0.2) is 9.07 Å². The second kappa shape index (κ2) is 5.43. The van der Waals surface area contributed by atoms with E-state index in [1.54, 1.807) is 0 Å². The van der Waals surface area contributed by atoms with E-state index in [4.69, 9.17) is 5.73 Å². The van der Waals surface area contributed by atoms with E-state index in [0.717, 1.165) is 6.07 Å². The Kier molecular flexibility index (Phi) is 3.86. The highest BCUT2D eigenvalue weighted by Crippen LogP contribution is 2.23. The average Bonchev–Trinajstić information content (AvgIpc) is 2.74. The molecule has 0 bridgehead atoms. The van der Waals surface area contributed by atoms with Crippen LogP contribution in [0.15, 0.2) is 18.2 Å². The summed E-state index contributed by atoms with van der Waals surface area (Å²) in [5.74, 6) is -0.386. The summed E-state index contributed by atoms with van der Waals surface area (Å²) in [6, 6.07) is 3.75. The second-order valence-corrected chi connectivity index (χ2v) is 4.22. The lowest BCUT2D eigenvalue weighted by Gasteiger charge is -2.07. The van der Waals surface area contributed by atoms with Gasteiger partial charge in [-0.2, -0.15) is 13.2 Å². The van der Waals surface area contributed by atoms with E-state index >= 15 is 0 Å². The topological polar surface area (TPSA) is 69.6 Å². The largest absolute Gasteiger partial charge is 0.399 e. The molecule has 0 aliphatic heterocycles. The molecule has 0 atom stereocenters. The Labute approximate surface area is 111 Å². The van der Waals surface area contributed by atoms with Crippen molar-refractivity contribution in [3.63, 3.8) is 0 Å². The van der Waals surface area contributed by atoms with Crippen LogP contribution in [0.1, 0.15) is 12.8 Å². The number of hydrogen-bond donors (Lipinski definition) is 1. The van der Waals surface area contributed by atoms with E-state index < -0.39 is 18.4 Å². The van der Waals surface area contributed by atoms with Crippen molar-refractivity contribution in [2.75, 3.05) is 5.73 Å². The number of aryl methyl sites for hydroxylation is 1. The Morgan fingerprint density at radius 3 is 2.60 bits per heavy atom. The van der Waals surface area contributed by atoms with Crippen molar-refractivity contribution in [1.82, 2.24) is 20.2 Å². The fourth-order valence-electron chi connectivity index (χ4n) is 1.73. The summed E-state index contributed by atoms with van der Waals surface area (Å²) in [7, 11) is 0. The minimum absolute atomic E-state index is 0.0156. The molecule has 1 aromatic heterocycles. The molecule has 0 amide bonds. The van der Waals surface area contributed by atoms with Crippen molar-refractivity contribution < 1.29 is 17.6 Å². The predicted octanol–water partition coefficient (Wildman–Crippen LogP) is 2.40. The third kappa shape index (κ3) is 3.65. The maximum absolute atomic E-state index is 13.3. The first-order valence-electron chi connectivity index (χ1n) is 5.74. The molecule has 2 N–H and O–H groups in total. The number of nitrogens with two attached hydrogens (primary N) is 1. The van der Waals surface area contributed by atoms with Crippen LogP contribution in [-0.2, 0) is 6.54 Å². The summed E-state index contributed by atoms with van der Waals surface area (Å²) in [5, 5.41) is 10.7. The van der Waals surface area contributed by atoms with Gasteiger partial charge in [0.1, 0.15) is 5.82 Å². The van der Waals surface area contributed by atoms with Crippen molar-refractivity contribution in [3.05, 3.63) is 24.0 Å². The number of hydrogen-bond acceptors (Lipinski definition) is 4. The molecule has 2 rings (SSSR count). The number of aromatic nitrogens is 4. The third-order valence-corrected chi connectivity index (χ3v) is 2.54. The van der Waals surface area contributed by atoms with Crippen molar-refractivity contribution >= 4 is 5.69 Å². The quantitative estimate of drug-likeness (QED) is 0.693. The third-order valence-electron chi connectivity index (χ3n) is 2.54. The number of tetrazole rings is 1. The zero-order valence-electron chi connectivity index (χ0n) is 10.2. The number of anilines is 1. The molecule has 2 aromatic rings. The normalized spacial score (nSPS) is 11.8. The first-order chi connectivity index (χ1) is 9.35. The van der Waals surface area contributed by atoms with Crippen molar-refractivity contribution in [3.8, 4) is 11.4 Å². The molecule has 20 heavy (non-hydrogen) atoms. The predicted molar refractivity (Wildman–Crippen MR) is 62.9 cm³/mol. The Morgan fingerprint density at radius 2 is 1.95 bits per heavy atom. The van der Waals surface area contributed by atoms with Gasteiger partial charge in [0.05, 0.1) is 0 Å². The Hall–Kier alpha value is -2.19. The molecular weight excluding hydrogens is 278 g/mol. The molecule has 9 heteroatoms. The summed E-state index contributed by atoms with van der Waals surface area (Å²) < 4.78 is 50.7. The summed E-state index contributed by atoms with van der Waals surface area (Å²) in [6.07, 6.45) is -5.32. The van der Waals surface area contributed by atoms with Crippen LogP contribution in [0.25, 0.3) is 11.4 Å². The van der Waals surface area contributed by atoms with Crippen LogP contribution < -0.4 is 5.73 Å². The van der Waals surface area contributed by atoms with Crippen LogP contribution in [0.2, 0.25) is 0 Å². The van der Waals surface area contributed by atoms with Gasteiger partial charge in [0.15, 0.2) is 5.82 Å². The standard InChI is InChI=1S/C11H11F4N5/c12-8-4-7(5-9(16)6-8)10-17-18-19-20(10)3-1-2-11(13,14)15/h4-6H,1-3,16H2. The molecule has 0 radical (unpaired) electrons. The van der Waals surface area contributed by atoms with E-state index in [-0.39, 0.29) is 24.5 Å². The van der Waals surface area contributed by atoms with Crippen LogP contribution in [0, 0.1) is 5.82 Å². The number of benzene rings is 1. The molecule has 0 saturated carbocycles. The molecule has 0 aliphatic carbocycles. The minimum Gasteiger partial charge on any atom is -0.399 e. The monoisotopic (exact) mass is 289 g/mol. The molecule has 0 unspecified atom stereocenters. The smallest absolute Gasteiger partial charge is 0.389 e. The average molecular weight is 289 g/mol. The number of rotatable bonds is 4. The Morgan fingerprint density at radius 1 is 1.20 bits per heavy atom. The van der Waals surface area contributed by atoms with Crippen LogP contribution in [0.3, 0.4) is 0 Å². The van der Waals surface area contributed by atoms with Crippen LogP contribution in [-0.4, -0.2) is 26.4 Å². The molecule has 5 nitrogen and oxygen atoms in total. The van der Waals surface area contributed by atoms with E-state index in [0.29, 0.717) is 5.56 Å². The minimum atomic E-state index is -4.22. The van der Waals surface area contributed by atoms with Gasteiger partial charge in [0.2, 0.25) is 0 Å². The van der Waals surface area contributed by atoms with Gasteiger partial charge in [-0.05, 0) is 35.0 Å². The molecule has 108 valence electrons. The van der Waals surface area contributed by atoms with Gasteiger partial charge in [0.25, 0.3) is 0 Å². The number of alkyl halides is 3. The molecule has 1 heterocycles. The van der Waals surface area contributed by atoms with E-state index in [1.807, 2.05) is 0 Å². The van der Waals surface area contributed by atoms with Gasteiger partial charge >= 0.3 is 6.18 Å². The lowest BCUT2D eigenvalue weighted by molar-refractivity contribution is -0.136. The first-order valence-corrected chi connectivity index (χ1v) is 5.74. The Balaban J connectivity index is 2.16. The lowest BCUT2D eigenvalue weighted by atomic mass is 10.2. The van der Waals surface area contributed by atoms with Gasteiger partial charge in [-0.15, -0.1) is 5.10 Å². The van der Waals surface area contributed by atoms with Gasteiger partial charge in [-0.3, -0.25) is 0 Å². The summed E-state index contributed by atoms with van der Waals surface area (Å²) in [4.78, 5) is 0. The highest BCUT2D eigenvalue weighted by atomic mass is 19.4. The molecule has 0 aliphatic rings. The number of nitrogens with zero attached hydrogens (tertiary/aromatic N) is 4. The molecule has 0 spiro atoms. The molecule has 0 saturated heterocycles. The summed E-state index contributed by atoms with van der Waals surface area (Å²) in [6.45, 7) is -0.0156. The first kappa shape index (κ1) is 14.2. The van der Waals surface area contributed by atoms with E-state index in [2.05, 4.69) is 15.5 Å². The van der Waals surface area contributed by atoms with Crippen molar-refractivity contribution in [1.29, 1.82) is 0 Å². The highest BCUT2D eigenvalue weighted by Gasteiger charge is 2.26. The highest BCUT2D eigenvalue weighted by molar-refractivity contribution is 5.61.